The van der Waals surface area contributed by atoms with E-state index in [9.17, 15) is 0 Å². The zero-order chi connectivity index (χ0) is 13.9. The van der Waals surface area contributed by atoms with Gasteiger partial charge in [-0.15, -0.1) is 0 Å². The second kappa shape index (κ2) is 5.52. The van der Waals surface area contributed by atoms with Gasteiger partial charge in [-0.3, -0.25) is 0 Å². The molecular weight excluding hydrogens is 228 g/mol. The van der Waals surface area contributed by atoms with Gasteiger partial charge in [0.15, 0.2) is 0 Å². The third kappa shape index (κ3) is 3.57. The lowest BCUT2D eigenvalue weighted by atomic mass is 10.1. The molecule has 1 aromatic rings. The molecule has 0 saturated carbocycles. The molecule has 1 aromatic heterocycles. The van der Waals surface area contributed by atoms with Crippen LogP contribution in [0.5, 0.6) is 0 Å². The van der Waals surface area contributed by atoms with Crippen LogP contribution in [0.25, 0.3) is 0 Å². The van der Waals surface area contributed by atoms with Crippen LogP contribution in [0.4, 0.5) is 11.6 Å². The van der Waals surface area contributed by atoms with E-state index in [1.165, 1.54) is 0 Å². The van der Waals surface area contributed by atoms with Crippen molar-refractivity contribution in [3.05, 3.63) is 11.4 Å². The molecule has 0 bridgehead atoms. The summed E-state index contributed by atoms with van der Waals surface area (Å²) < 4.78 is 5.19. The van der Waals surface area contributed by atoms with Crippen molar-refractivity contribution in [2.24, 2.45) is 0 Å². The van der Waals surface area contributed by atoms with Crippen molar-refractivity contribution in [1.82, 2.24) is 9.97 Å². The van der Waals surface area contributed by atoms with Crippen LogP contribution in [0.2, 0.25) is 0 Å². The molecule has 0 spiro atoms. The topological polar surface area (TPSA) is 73.1 Å². The molecule has 0 aliphatic carbocycles. The highest BCUT2D eigenvalue weighted by Gasteiger charge is 2.20. The van der Waals surface area contributed by atoms with Gasteiger partial charge >= 0.3 is 0 Å². The Morgan fingerprint density at radius 1 is 1.33 bits per heavy atom. The van der Waals surface area contributed by atoms with E-state index in [0.29, 0.717) is 12.4 Å². The molecule has 3 N–H and O–H groups in total. The van der Waals surface area contributed by atoms with Crippen molar-refractivity contribution in [3.8, 4) is 0 Å². The lowest BCUT2D eigenvalue weighted by molar-refractivity contribution is 0.158. The minimum Gasteiger partial charge on any atom is -0.383 e. The van der Waals surface area contributed by atoms with E-state index in [1.54, 1.807) is 7.11 Å². The molecule has 0 radical (unpaired) electrons. The second-order valence-corrected chi connectivity index (χ2v) is 5.54. The summed E-state index contributed by atoms with van der Waals surface area (Å²) in [6.45, 7) is 10.7. The zero-order valence-corrected chi connectivity index (χ0v) is 12.2. The van der Waals surface area contributed by atoms with Crippen LogP contribution in [0.3, 0.4) is 0 Å². The fraction of sp³-hybridized carbons (Fsp3) is 0.692. The molecule has 0 aromatic carbocycles. The Balaban J connectivity index is 3.08. The highest BCUT2D eigenvalue weighted by Crippen LogP contribution is 2.23. The maximum atomic E-state index is 5.93. The third-order valence-electron chi connectivity index (χ3n) is 2.68. The van der Waals surface area contributed by atoms with Crippen LogP contribution < -0.4 is 11.1 Å². The van der Waals surface area contributed by atoms with Crippen LogP contribution in [0.1, 0.15) is 45.0 Å². The fourth-order valence-electron chi connectivity index (χ4n) is 1.65. The van der Waals surface area contributed by atoms with Crippen molar-refractivity contribution in [2.45, 2.75) is 46.1 Å². The molecule has 18 heavy (non-hydrogen) atoms. The molecule has 0 saturated heterocycles. The molecule has 5 heteroatoms. The molecule has 0 unspecified atom stereocenters. The number of ether oxygens (including phenoxy) is 1. The predicted molar refractivity (Wildman–Crippen MR) is 74.8 cm³/mol. The van der Waals surface area contributed by atoms with Gasteiger partial charge in [0.05, 0.1) is 12.1 Å². The summed E-state index contributed by atoms with van der Waals surface area (Å²) in [5, 5.41) is 3.37. The van der Waals surface area contributed by atoms with Crippen molar-refractivity contribution >= 4 is 11.6 Å². The highest BCUT2D eigenvalue weighted by atomic mass is 16.5. The van der Waals surface area contributed by atoms with E-state index in [4.69, 9.17) is 10.5 Å². The van der Waals surface area contributed by atoms with Gasteiger partial charge in [0.2, 0.25) is 0 Å². The lowest BCUT2D eigenvalue weighted by Gasteiger charge is -2.27. The summed E-state index contributed by atoms with van der Waals surface area (Å²) in [6, 6.07) is 0. The Morgan fingerprint density at radius 3 is 2.44 bits per heavy atom. The Morgan fingerprint density at radius 2 is 1.94 bits per heavy atom. The number of nitrogen functional groups attached to an aromatic ring is 1. The largest absolute Gasteiger partial charge is 0.383 e. The van der Waals surface area contributed by atoms with Gasteiger partial charge < -0.3 is 15.8 Å². The van der Waals surface area contributed by atoms with Crippen molar-refractivity contribution in [3.63, 3.8) is 0 Å². The van der Waals surface area contributed by atoms with E-state index in [0.717, 1.165) is 17.2 Å². The van der Waals surface area contributed by atoms with Crippen LogP contribution in [0.15, 0.2) is 0 Å². The summed E-state index contributed by atoms with van der Waals surface area (Å²) in [6.07, 6.45) is 0. The number of aromatic nitrogens is 2. The number of nitrogens with two attached hydrogens (primary N) is 1. The molecule has 102 valence electrons. The van der Waals surface area contributed by atoms with Gasteiger partial charge in [-0.1, -0.05) is 13.8 Å². The maximum Gasteiger partial charge on any atom is 0.135 e. The zero-order valence-electron chi connectivity index (χ0n) is 12.2. The Labute approximate surface area is 109 Å². The first-order chi connectivity index (χ1) is 8.26. The minimum absolute atomic E-state index is 0.200. The molecule has 0 aliphatic heterocycles. The number of rotatable bonds is 5. The maximum absolute atomic E-state index is 5.93. The van der Waals surface area contributed by atoms with Gasteiger partial charge in [0.25, 0.3) is 0 Å². The Kier molecular flexibility index (Phi) is 4.51. The minimum atomic E-state index is -0.200. The van der Waals surface area contributed by atoms with Crippen LogP contribution in [-0.2, 0) is 4.74 Å². The van der Waals surface area contributed by atoms with Crippen molar-refractivity contribution in [2.75, 3.05) is 24.8 Å². The molecular formula is C13H24N4O. The smallest absolute Gasteiger partial charge is 0.135 e. The molecule has 1 rings (SSSR count). The molecule has 1 heterocycles. The number of anilines is 2. The van der Waals surface area contributed by atoms with Gasteiger partial charge in [0.1, 0.15) is 17.5 Å². The van der Waals surface area contributed by atoms with E-state index in [1.807, 2.05) is 20.8 Å². The van der Waals surface area contributed by atoms with E-state index in [2.05, 4.69) is 29.1 Å². The Bertz CT molecular complexity index is 416. The van der Waals surface area contributed by atoms with Gasteiger partial charge in [-0.2, -0.15) is 0 Å². The quantitative estimate of drug-likeness (QED) is 0.841. The third-order valence-corrected chi connectivity index (χ3v) is 2.68. The number of hydrogen-bond acceptors (Lipinski definition) is 5. The first-order valence-corrected chi connectivity index (χ1v) is 6.18. The lowest BCUT2D eigenvalue weighted by Crippen LogP contribution is -2.36. The van der Waals surface area contributed by atoms with Crippen LogP contribution >= 0.6 is 0 Å². The number of methoxy groups -OCH3 is 1. The fourth-order valence-corrected chi connectivity index (χ4v) is 1.65. The average Bonchev–Trinajstić information content (AvgIpc) is 2.23. The van der Waals surface area contributed by atoms with Crippen molar-refractivity contribution < 1.29 is 4.74 Å². The highest BCUT2D eigenvalue weighted by molar-refractivity contribution is 5.56. The second-order valence-electron chi connectivity index (χ2n) is 5.54. The summed E-state index contributed by atoms with van der Waals surface area (Å²) >= 11 is 0. The molecule has 0 amide bonds. The van der Waals surface area contributed by atoms with E-state index < -0.39 is 0 Å². The number of hydrogen-bond donors (Lipinski definition) is 2. The average molecular weight is 252 g/mol. The van der Waals surface area contributed by atoms with Gasteiger partial charge in [-0.05, 0) is 20.8 Å². The summed E-state index contributed by atoms with van der Waals surface area (Å²) in [7, 11) is 1.68. The number of nitrogens with one attached hydrogen (secondary N) is 1. The summed E-state index contributed by atoms with van der Waals surface area (Å²) in [5.41, 5.74) is 6.61. The van der Waals surface area contributed by atoms with Gasteiger partial charge in [-0.25, -0.2) is 9.97 Å². The van der Waals surface area contributed by atoms with E-state index >= 15 is 0 Å². The Hall–Kier alpha value is -1.36. The molecule has 0 atom stereocenters. The van der Waals surface area contributed by atoms with Crippen LogP contribution in [0, 0.1) is 6.92 Å². The normalized spacial score (nSPS) is 11.9. The molecule has 5 nitrogen and oxygen atoms in total. The van der Waals surface area contributed by atoms with E-state index in [-0.39, 0.29) is 11.5 Å². The van der Waals surface area contributed by atoms with Gasteiger partial charge in [0, 0.05) is 18.6 Å². The first-order valence-electron chi connectivity index (χ1n) is 6.18. The standard InChI is InChI=1S/C13H24N4O/c1-8(2)11-15-10(14)9(3)12(16-11)17-13(4,5)7-18-6/h8H,7H2,1-6H3,(H3,14,15,16,17). The summed E-state index contributed by atoms with van der Waals surface area (Å²) in [4.78, 5) is 8.85. The SMILES string of the molecule is COCC(C)(C)Nc1nc(C(C)C)nc(N)c1C. The van der Waals surface area contributed by atoms with Crippen LogP contribution in [-0.4, -0.2) is 29.2 Å². The predicted octanol–water partition coefficient (Wildman–Crippen LogP) is 2.33. The molecule has 0 fully saturated rings. The molecule has 0 aliphatic rings. The van der Waals surface area contributed by atoms with Crippen molar-refractivity contribution in [1.29, 1.82) is 0 Å². The monoisotopic (exact) mass is 252 g/mol. The first kappa shape index (κ1) is 14.7. The summed E-state index contributed by atoms with van der Waals surface area (Å²) in [5.74, 6) is 2.32. The number of nitrogens with zero attached hydrogens (tertiary/aromatic N) is 2.